The van der Waals surface area contributed by atoms with Gasteiger partial charge in [-0.3, -0.25) is 4.79 Å². The molecule has 0 bridgehead atoms. The van der Waals surface area contributed by atoms with Crippen molar-refractivity contribution >= 4 is 17.4 Å². The Balaban J connectivity index is 1.82. The molecule has 2 rings (SSSR count). The quantitative estimate of drug-likeness (QED) is 0.845. The summed E-state index contributed by atoms with van der Waals surface area (Å²) in [5.74, 6) is 0.0827. The van der Waals surface area contributed by atoms with Crippen LogP contribution in [0.4, 0.5) is 13.2 Å². The van der Waals surface area contributed by atoms with Gasteiger partial charge in [0, 0.05) is 7.05 Å². The summed E-state index contributed by atoms with van der Waals surface area (Å²) in [5, 5.41) is 3.58. The molecule has 2 aromatic rings. The molecule has 0 aliphatic rings. The first-order valence-electron chi connectivity index (χ1n) is 6.21. The first-order chi connectivity index (χ1) is 10.4. The standard InChI is InChI=1S/C13H12F3N3O2S/c1-19(12(20)11-8-17-18-22-11)6-7-21-10-4-2-9(3-5-10)13(14,15)16/h2-5,8H,6-7H2,1H3. The van der Waals surface area contributed by atoms with Crippen LogP contribution < -0.4 is 4.74 Å². The summed E-state index contributed by atoms with van der Waals surface area (Å²) in [6, 6.07) is 4.40. The summed E-state index contributed by atoms with van der Waals surface area (Å²) in [4.78, 5) is 13.7. The first kappa shape index (κ1) is 16.2. The van der Waals surface area contributed by atoms with E-state index in [2.05, 4.69) is 9.59 Å². The third-order valence-corrected chi connectivity index (χ3v) is 3.45. The molecule has 1 heterocycles. The summed E-state index contributed by atoms with van der Waals surface area (Å²) in [5.41, 5.74) is -0.732. The third kappa shape index (κ3) is 4.17. The van der Waals surface area contributed by atoms with Gasteiger partial charge in [0.2, 0.25) is 0 Å². The molecule has 0 saturated heterocycles. The molecule has 1 amide bonds. The fraction of sp³-hybridized carbons (Fsp3) is 0.308. The molecule has 0 N–H and O–H groups in total. The zero-order chi connectivity index (χ0) is 16.2. The second-order valence-electron chi connectivity index (χ2n) is 4.38. The van der Waals surface area contributed by atoms with E-state index in [1.807, 2.05) is 0 Å². The van der Waals surface area contributed by atoms with Crippen LogP contribution in [0.5, 0.6) is 5.75 Å². The van der Waals surface area contributed by atoms with Gasteiger partial charge < -0.3 is 9.64 Å². The number of alkyl halides is 3. The third-order valence-electron chi connectivity index (χ3n) is 2.80. The number of halogens is 3. The van der Waals surface area contributed by atoms with E-state index >= 15 is 0 Å². The lowest BCUT2D eigenvalue weighted by atomic mass is 10.2. The molecule has 118 valence electrons. The van der Waals surface area contributed by atoms with E-state index in [1.165, 1.54) is 23.2 Å². The van der Waals surface area contributed by atoms with E-state index in [-0.39, 0.29) is 19.1 Å². The van der Waals surface area contributed by atoms with Crippen molar-refractivity contribution in [2.75, 3.05) is 20.2 Å². The molecule has 22 heavy (non-hydrogen) atoms. The number of carbonyl (C=O) groups is 1. The predicted octanol–water partition coefficient (Wildman–Crippen LogP) is 2.71. The maximum absolute atomic E-state index is 12.4. The smallest absolute Gasteiger partial charge is 0.416 e. The Hall–Kier alpha value is -2.16. The first-order valence-corrected chi connectivity index (χ1v) is 6.98. The van der Waals surface area contributed by atoms with E-state index in [9.17, 15) is 18.0 Å². The Morgan fingerprint density at radius 2 is 2.00 bits per heavy atom. The van der Waals surface area contributed by atoms with Crippen LogP contribution in [-0.4, -0.2) is 40.6 Å². The van der Waals surface area contributed by atoms with Gasteiger partial charge in [-0.15, -0.1) is 5.10 Å². The number of nitrogens with zero attached hydrogens (tertiary/aromatic N) is 3. The van der Waals surface area contributed by atoms with Gasteiger partial charge in [-0.1, -0.05) is 4.49 Å². The van der Waals surface area contributed by atoms with E-state index in [0.29, 0.717) is 10.6 Å². The van der Waals surface area contributed by atoms with E-state index in [0.717, 1.165) is 23.7 Å². The number of carbonyl (C=O) groups excluding carboxylic acids is 1. The maximum Gasteiger partial charge on any atom is 0.416 e. The average molecular weight is 331 g/mol. The van der Waals surface area contributed by atoms with Crippen LogP contribution in [0.15, 0.2) is 30.5 Å². The molecule has 0 spiro atoms. The second kappa shape index (κ2) is 6.73. The highest BCUT2D eigenvalue weighted by Crippen LogP contribution is 2.30. The largest absolute Gasteiger partial charge is 0.492 e. The number of hydrogen-bond acceptors (Lipinski definition) is 5. The molecule has 0 fully saturated rings. The molecule has 0 radical (unpaired) electrons. The van der Waals surface area contributed by atoms with Gasteiger partial charge >= 0.3 is 6.18 Å². The van der Waals surface area contributed by atoms with Gasteiger partial charge in [-0.05, 0) is 35.8 Å². The van der Waals surface area contributed by atoms with Crippen molar-refractivity contribution in [3.05, 3.63) is 40.9 Å². The molecule has 0 saturated carbocycles. The molecule has 0 aliphatic heterocycles. The Bertz CT molecular complexity index is 614. The lowest BCUT2D eigenvalue weighted by Crippen LogP contribution is -2.30. The summed E-state index contributed by atoms with van der Waals surface area (Å²) in [7, 11) is 1.60. The van der Waals surface area contributed by atoms with E-state index in [4.69, 9.17) is 4.74 Å². The predicted molar refractivity (Wildman–Crippen MR) is 73.8 cm³/mol. The minimum Gasteiger partial charge on any atom is -0.492 e. The lowest BCUT2D eigenvalue weighted by Gasteiger charge is -2.16. The van der Waals surface area contributed by atoms with Crippen molar-refractivity contribution in [3.8, 4) is 5.75 Å². The van der Waals surface area contributed by atoms with Crippen molar-refractivity contribution in [1.29, 1.82) is 0 Å². The van der Waals surface area contributed by atoms with Crippen LogP contribution in [0.25, 0.3) is 0 Å². The second-order valence-corrected chi connectivity index (χ2v) is 5.16. The average Bonchev–Trinajstić information content (AvgIpc) is 3.00. The molecular weight excluding hydrogens is 319 g/mol. The molecule has 9 heteroatoms. The number of rotatable bonds is 5. The summed E-state index contributed by atoms with van der Waals surface area (Å²) in [6.07, 6.45) is -2.99. The fourth-order valence-electron chi connectivity index (χ4n) is 1.59. The van der Waals surface area contributed by atoms with Crippen molar-refractivity contribution < 1.29 is 22.7 Å². The lowest BCUT2D eigenvalue weighted by molar-refractivity contribution is -0.137. The van der Waals surface area contributed by atoms with E-state index in [1.54, 1.807) is 7.05 Å². The van der Waals surface area contributed by atoms with Crippen molar-refractivity contribution in [3.63, 3.8) is 0 Å². The number of likely N-dealkylation sites (N-methyl/N-ethyl adjacent to an activating group) is 1. The molecule has 1 aromatic carbocycles. The Kier molecular flexibility index (Phi) is 4.96. The van der Waals surface area contributed by atoms with Gasteiger partial charge in [0.1, 0.15) is 17.2 Å². The highest BCUT2D eigenvalue weighted by atomic mass is 32.1. The Labute approximate surface area is 128 Å². The van der Waals surface area contributed by atoms with E-state index < -0.39 is 11.7 Å². The summed E-state index contributed by atoms with van der Waals surface area (Å²) < 4.78 is 46.1. The maximum atomic E-state index is 12.4. The number of amides is 1. The van der Waals surface area contributed by atoms with Crippen LogP contribution in [0.1, 0.15) is 15.2 Å². The van der Waals surface area contributed by atoms with Crippen molar-refractivity contribution in [1.82, 2.24) is 14.5 Å². The highest BCUT2D eigenvalue weighted by molar-refractivity contribution is 7.07. The summed E-state index contributed by atoms with van der Waals surface area (Å²) >= 11 is 0.993. The normalized spacial score (nSPS) is 11.3. The highest BCUT2D eigenvalue weighted by Gasteiger charge is 2.30. The topological polar surface area (TPSA) is 55.3 Å². The SMILES string of the molecule is CN(CCOc1ccc(C(F)(F)F)cc1)C(=O)c1cnns1. The van der Waals surface area contributed by atoms with Crippen LogP contribution in [0.2, 0.25) is 0 Å². The van der Waals surface area contributed by atoms with Gasteiger partial charge in [-0.25, -0.2) is 0 Å². The summed E-state index contributed by atoms with van der Waals surface area (Å²) in [6.45, 7) is 0.456. The molecule has 0 aliphatic carbocycles. The molecule has 1 aromatic heterocycles. The fourth-order valence-corrected chi connectivity index (χ4v) is 2.10. The van der Waals surface area contributed by atoms with Gasteiger partial charge in [0.05, 0.1) is 18.3 Å². The zero-order valence-corrected chi connectivity index (χ0v) is 12.3. The van der Waals surface area contributed by atoms with Gasteiger partial charge in [-0.2, -0.15) is 13.2 Å². The van der Waals surface area contributed by atoms with Crippen molar-refractivity contribution in [2.45, 2.75) is 6.18 Å². The molecule has 0 unspecified atom stereocenters. The number of ether oxygens (including phenoxy) is 1. The monoisotopic (exact) mass is 331 g/mol. The van der Waals surface area contributed by atoms with Gasteiger partial charge in [0.25, 0.3) is 5.91 Å². The van der Waals surface area contributed by atoms with Crippen LogP contribution in [0, 0.1) is 0 Å². The number of hydrogen-bond donors (Lipinski definition) is 0. The molecule has 5 nitrogen and oxygen atoms in total. The number of benzene rings is 1. The Morgan fingerprint density at radius 3 is 2.55 bits per heavy atom. The molecular formula is C13H12F3N3O2S. The van der Waals surface area contributed by atoms with Gasteiger partial charge in [0.15, 0.2) is 0 Å². The van der Waals surface area contributed by atoms with Crippen LogP contribution in [-0.2, 0) is 6.18 Å². The van der Waals surface area contributed by atoms with Crippen LogP contribution >= 0.6 is 11.5 Å². The Morgan fingerprint density at radius 1 is 1.32 bits per heavy atom. The minimum absolute atomic E-state index is 0.167. The zero-order valence-electron chi connectivity index (χ0n) is 11.5. The minimum atomic E-state index is -4.37. The molecule has 0 atom stereocenters. The number of aromatic nitrogens is 2. The van der Waals surface area contributed by atoms with Crippen LogP contribution in [0.3, 0.4) is 0 Å². The van der Waals surface area contributed by atoms with Crippen molar-refractivity contribution in [2.24, 2.45) is 0 Å².